The molecule has 27 heavy (non-hydrogen) atoms. The van der Waals surface area contributed by atoms with Crippen molar-refractivity contribution in [2.24, 2.45) is 5.92 Å². The van der Waals surface area contributed by atoms with E-state index in [0.717, 1.165) is 0 Å². The van der Waals surface area contributed by atoms with E-state index >= 15 is 0 Å². The summed E-state index contributed by atoms with van der Waals surface area (Å²) in [5.74, 6) is -2.07. The Bertz CT molecular complexity index is 817. The molecule has 3 heterocycles. The monoisotopic (exact) mass is 374 g/mol. The smallest absolute Gasteiger partial charge is 0.322 e. The SMILES string of the molecule is O=C1NC(=O)C2(CCN(C(=O)[C@@H]3CCN(c4ccc(F)cc4)C3=O)CC2)N1. The van der Waals surface area contributed by atoms with Crippen LogP contribution in [0.2, 0.25) is 0 Å². The van der Waals surface area contributed by atoms with Gasteiger partial charge in [0, 0.05) is 25.3 Å². The minimum Gasteiger partial charge on any atom is -0.342 e. The van der Waals surface area contributed by atoms with Crippen LogP contribution in [0, 0.1) is 11.7 Å². The largest absolute Gasteiger partial charge is 0.342 e. The van der Waals surface area contributed by atoms with E-state index in [1.54, 1.807) is 4.90 Å². The Labute approximate surface area is 154 Å². The number of nitrogens with zero attached hydrogens (tertiary/aromatic N) is 2. The van der Waals surface area contributed by atoms with Gasteiger partial charge in [0.25, 0.3) is 5.91 Å². The molecule has 0 saturated carbocycles. The second-order valence-corrected chi connectivity index (χ2v) is 7.12. The Kier molecular flexibility index (Phi) is 4.09. The maximum Gasteiger partial charge on any atom is 0.322 e. The third-order valence-electron chi connectivity index (χ3n) is 5.59. The standard InChI is InChI=1S/C18H19FN4O4/c19-11-1-3-12(4-2-11)23-8-5-13(15(23)25)14(24)22-9-6-18(7-10-22)16(26)20-17(27)21-18/h1-4,13H,5-10H2,(H2,20,21,26,27)/t13-/m0/s1. The van der Waals surface area contributed by atoms with Crippen LogP contribution in [0.15, 0.2) is 24.3 Å². The van der Waals surface area contributed by atoms with Crippen molar-refractivity contribution in [2.75, 3.05) is 24.5 Å². The summed E-state index contributed by atoms with van der Waals surface area (Å²) in [5, 5.41) is 4.88. The summed E-state index contributed by atoms with van der Waals surface area (Å²) in [6, 6.07) is 5.09. The lowest BCUT2D eigenvalue weighted by atomic mass is 9.87. The van der Waals surface area contributed by atoms with Crippen LogP contribution in [0.4, 0.5) is 14.9 Å². The number of anilines is 1. The van der Waals surface area contributed by atoms with Gasteiger partial charge in [-0.15, -0.1) is 0 Å². The van der Waals surface area contributed by atoms with Gasteiger partial charge in [-0.25, -0.2) is 9.18 Å². The topological polar surface area (TPSA) is 98.8 Å². The van der Waals surface area contributed by atoms with Crippen LogP contribution in [0.5, 0.6) is 0 Å². The van der Waals surface area contributed by atoms with Crippen LogP contribution in [-0.2, 0) is 14.4 Å². The highest BCUT2D eigenvalue weighted by molar-refractivity contribution is 6.10. The average molecular weight is 374 g/mol. The number of likely N-dealkylation sites (tertiary alicyclic amines) is 1. The average Bonchev–Trinajstić information content (AvgIpc) is 3.15. The molecular formula is C18H19FN4O4. The Balaban J connectivity index is 1.41. The van der Waals surface area contributed by atoms with E-state index in [9.17, 15) is 23.6 Å². The highest BCUT2D eigenvalue weighted by Gasteiger charge is 2.49. The number of halogens is 1. The van der Waals surface area contributed by atoms with Gasteiger partial charge in [0.15, 0.2) is 0 Å². The van der Waals surface area contributed by atoms with Crippen LogP contribution in [0.1, 0.15) is 19.3 Å². The van der Waals surface area contributed by atoms with E-state index in [-0.39, 0.29) is 23.5 Å². The number of urea groups is 1. The molecule has 9 heteroatoms. The molecule has 2 N–H and O–H groups in total. The number of carbonyl (C=O) groups is 4. The summed E-state index contributed by atoms with van der Waals surface area (Å²) in [6.45, 7) is 0.997. The molecule has 1 aromatic rings. The maximum atomic E-state index is 13.1. The van der Waals surface area contributed by atoms with Crippen LogP contribution < -0.4 is 15.5 Å². The first-order valence-corrected chi connectivity index (χ1v) is 8.89. The normalized spacial score (nSPS) is 24.3. The predicted molar refractivity (Wildman–Crippen MR) is 92.1 cm³/mol. The zero-order valence-corrected chi connectivity index (χ0v) is 14.5. The number of carbonyl (C=O) groups excluding carboxylic acids is 4. The van der Waals surface area contributed by atoms with Crippen LogP contribution >= 0.6 is 0 Å². The Morgan fingerprint density at radius 2 is 1.74 bits per heavy atom. The van der Waals surface area contributed by atoms with Crippen molar-refractivity contribution in [2.45, 2.75) is 24.8 Å². The van der Waals surface area contributed by atoms with Gasteiger partial charge in [-0.05, 0) is 43.5 Å². The zero-order valence-electron chi connectivity index (χ0n) is 14.5. The number of amides is 5. The van der Waals surface area contributed by atoms with Crippen molar-refractivity contribution >= 4 is 29.4 Å². The van der Waals surface area contributed by atoms with E-state index in [2.05, 4.69) is 10.6 Å². The number of imide groups is 1. The third-order valence-corrected chi connectivity index (χ3v) is 5.59. The number of nitrogens with one attached hydrogen (secondary N) is 2. The van der Waals surface area contributed by atoms with Gasteiger partial charge in [0.2, 0.25) is 11.8 Å². The van der Waals surface area contributed by atoms with Crippen LogP contribution in [0.25, 0.3) is 0 Å². The minimum atomic E-state index is -0.951. The number of hydrogen-bond acceptors (Lipinski definition) is 4. The number of rotatable bonds is 2. The van der Waals surface area contributed by atoms with Crippen LogP contribution in [-0.4, -0.2) is 53.8 Å². The van der Waals surface area contributed by atoms with Crippen molar-refractivity contribution in [3.05, 3.63) is 30.1 Å². The number of benzene rings is 1. The van der Waals surface area contributed by atoms with Gasteiger partial charge in [-0.1, -0.05) is 0 Å². The lowest BCUT2D eigenvalue weighted by Gasteiger charge is -2.37. The summed E-state index contributed by atoms with van der Waals surface area (Å²) in [5.41, 5.74) is -0.382. The summed E-state index contributed by atoms with van der Waals surface area (Å²) in [4.78, 5) is 52.0. The van der Waals surface area contributed by atoms with E-state index in [4.69, 9.17) is 0 Å². The molecule has 0 aromatic heterocycles. The first-order chi connectivity index (χ1) is 12.9. The fourth-order valence-corrected chi connectivity index (χ4v) is 4.00. The molecular weight excluding hydrogens is 355 g/mol. The summed E-state index contributed by atoms with van der Waals surface area (Å²) < 4.78 is 13.1. The molecule has 1 atom stereocenters. The second-order valence-electron chi connectivity index (χ2n) is 7.12. The Hall–Kier alpha value is -2.97. The second kappa shape index (κ2) is 6.33. The summed E-state index contributed by atoms with van der Waals surface area (Å²) >= 11 is 0. The van der Waals surface area contributed by atoms with Crippen LogP contribution in [0.3, 0.4) is 0 Å². The lowest BCUT2D eigenvalue weighted by molar-refractivity contribution is -0.142. The van der Waals surface area contributed by atoms with Gasteiger partial charge < -0.3 is 15.1 Å². The van der Waals surface area contributed by atoms with Crippen molar-refractivity contribution in [1.82, 2.24) is 15.5 Å². The van der Waals surface area contributed by atoms with Crippen molar-refractivity contribution in [1.29, 1.82) is 0 Å². The van der Waals surface area contributed by atoms with E-state index in [1.165, 1.54) is 29.2 Å². The molecule has 3 aliphatic heterocycles. The number of piperidine rings is 1. The molecule has 3 aliphatic rings. The molecule has 0 unspecified atom stereocenters. The fourth-order valence-electron chi connectivity index (χ4n) is 4.00. The zero-order chi connectivity index (χ0) is 19.2. The molecule has 3 saturated heterocycles. The summed E-state index contributed by atoms with van der Waals surface area (Å²) in [7, 11) is 0. The quantitative estimate of drug-likeness (QED) is 0.578. The van der Waals surface area contributed by atoms with Gasteiger partial charge in [0.05, 0.1) is 0 Å². The molecule has 1 aromatic carbocycles. The molecule has 1 spiro atoms. The highest BCUT2D eigenvalue weighted by atomic mass is 19.1. The highest BCUT2D eigenvalue weighted by Crippen LogP contribution is 2.30. The maximum absolute atomic E-state index is 13.1. The van der Waals surface area contributed by atoms with Gasteiger partial charge in [-0.3, -0.25) is 19.7 Å². The lowest BCUT2D eigenvalue weighted by Crippen LogP contribution is -2.56. The Morgan fingerprint density at radius 1 is 1.07 bits per heavy atom. The molecule has 0 aliphatic carbocycles. The molecule has 142 valence electrons. The van der Waals surface area contributed by atoms with Crippen molar-refractivity contribution < 1.29 is 23.6 Å². The third kappa shape index (κ3) is 2.92. The Morgan fingerprint density at radius 3 is 2.33 bits per heavy atom. The first-order valence-electron chi connectivity index (χ1n) is 8.89. The van der Waals surface area contributed by atoms with E-state index < -0.39 is 17.5 Å². The van der Waals surface area contributed by atoms with Crippen molar-refractivity contribution in [3.8, 4) is 0 Å². The minimum absolute atomic E-state index is 0.260. The number of hydrogen-bond donors (Lipinski definition) is 2. The molecule has 0 bridgehead atoms. The van der Waals surface area contributed by atoms with Gasteiger partial charge in [-0.2, -0.15) is 0 Å². The predicted octanol–water partition coefficient (Wildman–Crippen LogP) is 0.379. The van der Waals surface area contributed by atoms with Gasteiger partial charge >= 0.3 is 6.03 Å². The molecule has 5 amide bonds. The van der Waals surface area contributed by atoms with Crippen molar-refractivity contribution in [3.63, 3.8) is 0 Å². The fraction of sp³-hybridized carbons (Fsp3) is 0.444. The summed E-state index contributed by atoms with van der Waals surface area (Å²) in [6.07, 6.45) is 1.03. The molecule has 8 nitrogen and oxygen atoms in total. The molecule has 0 radical (unpaired) electrons. The van der Waals surface area contributed by atoms with Gasteiger partial charge in [0.1, 0.15) is 17.3 Å². The van der Waals surface area contributed by atoms with E-state index in [0.29, 0.717) is 44.6 Å². The van der Waals surface area contributed by atoms with E-state index in [1.807, 2.05) is 0 Å². The molecule has 4 rings (SSSR count). The first kappa shape index (κ1) is 17.4. The molecule has 3 fully saturated rings.